The lowest BCUT2D eigenvalue weighted by Crippen LogP contribution is -2.43. The molecule has 0 fully saturated rings. The van der Waals surface area contributed by atoms with E-state index in [1.165, 1.54) is 0 Å². The van der Waals surface area contributed by atoms with Gasteiger partial charge in [0.2, 0.25) is 15.9 Å². The van der Waals surface area contributed by atoms with E-state index in [4.69, 9.17) is 16.2 Å². The standard InChI is InChI=1S/C10H23N5O4S/c1-19-7-6-14-10(12)13-5-3-4-8(11)9(16)15-20(2,17)18/h8H,3-7,11H2,1-2H3,(H,15,16)(H3,12,13,14)/t8-/m0/s1. The Labute approximate surface area is 119 Å². The van der Waals surface area contributed by atoms with Gasteiger partial charge in [0.25, 0.3) is 0 Å². The second-order valence-corrected chi connectivity index (χ2v) is 5.92. The summed E-state index contributed by atoms with van der Waals surface area (Å²) in [5.74, 6) is -0.432. The highest BCUT2D eigenvalue weighted by Crippen LogP contribution is 1.96. The molecule has 118 valence electrons. The molecule has 1 amide bonds. The molecule has 0 saturated heterocycles. The number of sulfonamides is 1. The van der Waals surface area contributed by atoms with Crippen LogP contribution < -0.4 is 21.5 Å². The van der Waals surface area contributed by atoms with Gasteiger partial charge in [-0.25, -0.2) is 8.42 Å². The fourth-order valence-electron chi connectivity index (χ4n) is 1.24. The molecule has 0 aliphatic heterocycles. The number of amides is 1. The van der Waals surface area contributed by atoms with Gasteiger partial charge in [0.15, 0.2) is 5.96 Å². The summed E-state index contributed by atoms with van der Waals surface area (Å²) < 4.78 is 28.3. The van der Waals surface area contributed by atoms with E-state index < -0.39 is 22.0 Å². The second-order valence-electron chi connectivity index (χ2n) is 4.17. The second kappa shape index (κ2) is 9.50. The first-order valence-electron chi connectivity index (χ1n) is 6.06. The van der Waals surface area contributed by atoms with E-state index in [1.807, 2.05) is 4.72 Å². The quantitative estimate of drug-likeness (QED) is 0.213. The van der Waals surface area contributed by atoms with Crippen LogP contribution in [0.3, 0.4) is 0 Å². The number of nitrogens with two attached hydrogens (primary N) is 2. The Morgan fingerprint density at radius 3 is 2.65 bits per heavy atom. The summed E-state index contributed by atoms with van der Waals surface area (Å²) in [6.07, 6.45) is 1.73. The highest BCUT2D eigenvalue weighted by atomic mass is 32.2. The van der Waals surface area contributed by atoms with Crippen LogP contribution in [0, 0.1) is 0 Å². The number of methoxy groups -OCH3 is 1. The van der Waals surface area contributed by atoms with Crippen LogP contribution in [0.4, 0.5) is 0 Å². The van der Waals surface area contributed by atoms with Gasteiger partial charge in [0.1, 0.15) is 0 Å². The van der Waals surface area contributed by atoms with Crippen molar-refractivity contribution >= 4 is 21.9 Å². The third kappa shape index (κ3) is 10.5. The van der Waals surface area contributed by atoms with E-state index in [0.29, 0.717) is 32.5 Å². The first kappa shape index (κ1) is 18.6. The summed E-state index contributed by atoms with van der Waals surface area (Å²) in [7, 11) is -1.99. The molecule has 0 heterocycles. The molecule has 10 heteroatoms. The topological polar surface area (TPSA) is 149 Å². The number of nitrogens with one attached hydrogen (secondary N) is 2. The van der Waals surface area contributed by atoms with Gasteiger partial charge in [0, 0.05) is 20.2 Å². The molecule has 6 N–H and O–H groups in total. The number of hydrogen-bond donors (Lipinski definition) is 4. The van der Waals surface area contributed by atoms with Crippen molar-refractivity contribution < 1.29 is 17.9 Å². The van der Waals surface area contributed by atoms with Gasteiger partial charge in [0.05, 0.1) is 18.9 Å². The van der Waals surface area contributed by atoms with Crippen molar-refractivity contribution in [3.8, 4) is 0 Å². The molecule has 0 aromatic carbocycles. The third-order valence-corrected chi connectivity index (χ3v) is 2.76. The number of aliphatic imine (C=N–C) groups is 1. The first-order valence-corrected chi connectivity index (χ1v) is 7.95. The zero-order valence-electron chi connectivity index (χ0n) is 11.8. The third-order valence-electron chi connectivity index (χ3n) is 2.19. The van der Waals surface area contributed by atoms with E-state index >= 15 is 0 Å². The molecule has 0 radical (unpaired) electrons. The minimum absolute atomic E-state index is 0.288. The molecule has 0 aromatic heterocycles. The largest absolute Gasteiger partial charge is 0.383 e. The van der Waals surface area contributed by atoms with Crippen molar-refractivity contribution in [3.63, 3.8) is 0 Å². The normalized spacial score (nSPS) is 13.8. The van der Waals surface area contributed by atoms with Crippen molar-refractivity contribution in [2.75, 3.05) is 33.1 Å². The van der Waals surface area contributed by atoms with Crippen LogP contribution in [0.25, 0.3) is 0 Å². The van der Waals surface area contributed by atoms with Crippen molar-refractivity contribution in [2.45, 2.75) is 18.9 Å². The van der Waals surface area contributed by atoms with Gasteiger partial charge in [-0.2, -0.15) is 0 Å². The average molecular weight is 309 g/mol. The van der Waals surface area contributed by atoms with Crippen LogP contribution in [0.2, 0.25) is 0 Å². The van der Waals surface area contributed by atoms with E-state index in [0.717, 1.165) is 6.26 Å². The monoisotopic (exact) mass is 309 g/mol. The van der Waals surface area contributed by atoms with Gasteiger partial charge >= 0.3 is 0 Å². The average Bonchev–Trinajstić information content (AvgIpc) is 2.32. The molecule has 0 bridgehead atoms. The predicted octanol–water partition coefficient (Wildman–Crippen LogP) is -2.28. The van der Waals surface area contributed by atoms with Crippen LogP contribution in [-0.4, -0.2) is 59.4 Å². The lowest BCUT2D eigenvalue weighted by Gasteiger charge is -2.10. The van der Waals surface area contributed by atoms with E-state index in [9.17, 15) is 13.2 Å². The number of hydrogen-bond acceptors (Lipinski definition) is 6. The zero-order chi connectivity index (χ0) is 15.6. The number of carbonyl (C=O) groups is 1. The number of ether oxygens (including phenoxy) is 1. The van der Waals surface area contributed by atoms with E-state index in [-0.39, 0.29) is 5.96 Å². The van der Waals surface area contributed by atoms with E-state index in [2.05, 4.69) is 10.3 Å². The number of nitrogens with zero attached hydrogens (tertiary/aromatic N) is 1. The Hall–Kier alpha value is -1.39. The lowest BCUT2D eigenvalue weighted by molar-refractivity contribution is -0.120. The SMILES string of the molecule is COCCNC(N)=NCCC[C@H](N)C(=O)NS(C)(=O)=O. The van der Waals surface area contributed by atoms with Crippen molar-refractivity contribution in [3.05, 3.63) is 0 Å². The van der Waals surface area contributed by atoms with Crippen LogP contribution >= 0.6 is 0 Å². The Balaban J connectivity index is 3.88. The highest BCUT2D eigenvalue weighted by Gasteiger charge is 2.16. The predicted molar refractivity (Wildman–Crippen MR) is 76.6 cm³/mol. The molecule has 0 aromatic rings. The van der Waals surface area contributed by atoms with Gasteiger partial charge < -0.3 is 21.5 Å². The molecular weight excluding hydrogens is 286 g/mol. The van der Waals surface area contributed by atoms with Gasteiger partial charge in [-0.05, 0) is 12.8 Å². The summed E-state index contributed by atoms with van der Waals surface area (Å²) in [5, 5.41) is 2.84. The molecule has 0 aliphatic carbocycles. The minimum Gasteiger partial charge on any atom is -0.383 e. The summed E-state index contributed by atoms with van der Waals surface area (Å²) in [5.41, 5.74) is 11.1. The maximum Gasteiger partial charge on any atom is 0.250 e. The zero-order valence-corrected chi connectivity index (χ0v) is 12.6. The molecule has 0 saturated carbocycles. The maximum absolute atomic E-state index is 11.4. The van der Waals surface area contributed by atoms with Crippen LogP contribution in [0.5, 0.6) is 0 Å². The Bertz CT molecular complexity index is 423. The summed E-state index contributed by atoms with van der Waals surface area (Å²) in [6, 6.07) is -0.886. The van der Waals surface area contributed by atoms with Crippen LogP contribution in [-0.2, 0) is 19.6 Å². The van der Waals surface area contributed by atoms with Crippen molar-refractivity contribution in [1.29, 1.82) is 0 Å². The molecule has 20 heavy (non-hydrogen) atoms. The Morgan fingerprint density at radius 2 is 2.10 bits per heavy atom. The number of rotatable bonds is 9. The van der Waals surface area contributed by atoms with Crippen LogP contribution in [0.1, 0.15) is 12.8 Å². The molecule has 9 nitrogen and oxygen atoms in total. The molecule has 0 rings (SSSR count). The fraction of sp³-hybridized carbons (Fsp3) is 0.800. The maximum atomic E-state index is 11.4. The Morgan fingerprint density at radius 1 is 1.45 bits per heavy atom. The molecule has 1 atom stereocenters. The number of guanidine groups is 1. The molecule has 0 aliphatic rings. The molecule has 0 spiro atoms. The molecular formula is C10H23N5O4S. The highest BCUT2D eigenvalue weighted by molar-refractivity contribution is 7.89. The van der Waals surface area contributed by atoms with Gasteiger partial charge in [-0.15, -0.1) is 0 Å². The smallest absolute Gasteiger partial charge is 0.250 e. The summed E-state index contributed by atoms with van der Waals surface area (Å²) >= 11 is 0. The summed E-state index contributed by atoms with van der Waals surface area (Å²) in [6.45, 7) is 1.47. The Kier molecular flexibility index (Phi) is 8.84. The van der Waals surface area contributed by atoms with Crippen molar-refractivity contribution in [1.82, 2.24) is 10.0 Å². The number of carbonyl (C=O) groups excluding carboxylic acids is 1. The van der Waals surface area contributed by atoms with Gasteiger partial charge in [-0.1, -0.05) is 0 Å². The minimum atomic E-state index is -3.57. The van der Waals surface area contributed by atoms with Crippen LogP contribution in [0.15, 0.2) is 4.99 Å². The van der Waals surface area contributed by atoms with Crippen molar-refractivity contribution in [2.24, 2.45) is 16.5 Å². The molecule has 0 unspecified atom stereocenters. The lowest BCUT2D eigenvalue weighted by atomic mass is 10.1. The summed E-state index contributed by atoms with van der Waals surface area (Å²) in [4.78, 5) is 15.4. The van der Waals surface area contributed by atoms with E-state index in [1.54, 1.807) is 7.11 Å². The van der Waals surface area contributed by atoms with Gasteiger partial charge in [-0.3, -0.25) is 14.5 Å². The fourth-order valence-corrected chi connectivity index (χ4v) is 1.75. The first-order chi connectivity index (χ1) is 9.26.